The number of methoxy groups -OCH3 is 2. The first-order valence-corrected chi connectivity index (χ1v) is 12.1. The van der Waals surface area contributed by atoms with Gasteiger partial charge in [0.1, 0.15) is 31.9 Å². The molecule has 1 fully saturated rings. The Bertz CT molecular complexity index is 861. The summed E-state index contributed by atoms with van der Waals surface area (Å²) >= 11 is 0. The number of piperidine rings is 1. The fourth-order valence-corrected chi connectivity index (χ4v) is 4.46. The van der Waals surface area contributed by atoms with E-state index in [4.69, 9.17) is 23.7 Å². The molecular formula is C28H39NO6. The summed E-state index contributed by atoms with van der Waals surface area (Å²) in [4.78, 5) is 15.4. The van der Waals surface area contributed by atoms with Crippen LogP contribution < -0.4 is 0 Å². The van der Waals surface area contributed by atoms with Crippen LogP contribution in [-0.2, 0) is 28.5 Å². The van der Waals surface area contributed by atoms with E-state index in [2.05, 4.69) is 36.1 Å². The van der Waals surface area contributed by atoms with E-state index in [9.17, 15) is 4.79 Å². The maximum atomic E-state index is 13.0. The van der Waals surface area contributed by atoms with E-state index >= 15 is 0 Å². The lowest BCUT2D eigenvalue weighted by atomic mass is 9.88. The largest absolute Gasteiger partial charge is 0.457 e. The van der Waals surface area contributed by atoms with Crippen LogP contribution >= 0.6 is 0 Å². The number of hydrogen-bond acceptors (Lipinski definition) is 7. The molecule has 7 nitrogen and oxygen atoms in total. The van der Waals surface area contributed by atoms with Crippen LogP contribution in [-0.4, -0.2) is 69.6 Å². The molecule has 3 rings (SSSR count). The number of likely N-dealkylation sites (tertiary alicyclic amines) is 1. The molecule has 0 bridgehead atoms. The number of carbonyl (C=O) groups is 1. The van der Waals surface area contributed by atoms with E-state index < -0.39 is 23.7 Å². The molecule has 0 radical (unpaired) electrons. The molecule has 1 aliphatic rings. The van der Waals surface area contributed by atoms with Gasteiger partial charge in [0.05, 0.1) is 11.5 Å². The molecule has 35 heavy (non-hydrogen) atoms. The number of ether oxygens (including phenoxy) is 5. The number of rotatable bonds is 10. The second-order valence-electron chi connectivity index (χ2n) is 9.93. The van der Waals surface area contributed by atoms with Crippen LogP contribution in [0.2, 0.25) is 0 Å². The predicted molar refractivity (Wildman–Crippen MR) is 134 cm³/mol. The minimum atomic E-state index is -0.658. The Hall–Kier alpha value is -2.29. The number of benzene rings is 2. The molecule has 0 aromatic heterocycles. The second-order valence-corrected chi connectivity index (χ2v) is 9.93. The maximum Gasteiger partial charge on any atom is 0.311 e. The lowest BCUT2D eigenvalue weighted by Crippen LogP contribution is -2.64. The zero-order valence-electron chi connectivity index (χ0n) is 21.7. The molecule has 1 aliphatic heterocycles. The van der Waals surface area contributed by atoms with Gasteiger partial charge in [0.15, 0.2) is 0 Å². The predicted octanol–water partition coefficient (Wildman–Crippen LogP) is 4.42. The summed E-state index contributed by atoms with van der Waals surface area (Å²) in [6, 6.07) is 20.4. The highest BCUT2D eigenvalue weighted by Crippen LogP contribution is 2.37. The Morgan fingerprint density at radius 1 is 0.886 bits per heavy atom. The fourth-order valence-electron chi connectivity index (χ4n) is 4.46. The van der Waals surface area contributed by atoms with E-state index in [0.29, 0.717) is 6.54 Å². The van der Waals surface area contributed by atoms with Gasteiger partial charge < -0.3 is 23.7 Å². The molecule has 0 spiro atoms. The van der Waals surface area contributed by atoms with Crippen LogP contribution in [0.4, 0.5) is 0 Å². The van der Waals surface area contributed by atoms with Gasteiger partial charge in [-0.1, -0.05) is 60.7 Å². The molecule has 0 saturated carbocycles. The smallest absolute Gasteiger partial charge is 0.311 e. The minimum Gasteiger partial charge on any atom is -0.457 e. The first kappa shape index (κ1) is 27.3. The summed E-state index contributed by atoms with van der Waals surface area (Å²) in [5.41, 5.74) is 1.64. The lowest BCUT2D eigenvalue weighted by Gasteiger charge is -2.50. The molecule has 1 saturated heterocycles. The monoisotopic (exact) mass is 485 g/mol. The summed E-state index contributed by atoms with van der Waals surface area (Å²) in [5.74, 6) is -0.288. The molecule has 192 valence electrons. The Kier molecular flexibility index (Phi) is 9.83. The van der Waals surface area contributed by atoms with Crippen LogP contribution in [0, 0.1) is 5.41 Å². The van der Waals surface area contributed by atoms with Gasteiger partial charge in [0, 0.05) is 26.8 Å². The van der Waals surface area contributed by atoms with E-state index in [1.807, 2.05) is 57.2 Å². The summed E-state index contributed by atoms with van der Waals surface area (Å²) in [7, 11) is 3.16. The Morgan fingerprint density at radius 3 is 1.89 bits per heavy atom. The highest BCUT2D eigenvalue weighted by atomic mass is 16.7. The van der Waals surface area contributed by atoms with E-state index in [1.54, 1.807) is 14.2 Å². The average Bonchev–Trinajstić information content (AvgIpc) is 2.85. The topological polar surface area (TPSA) is 66.5 Å². The standard InChI is InChI=1S/C28H39NO6/c1-20-25(35-27(30)28(2,3)4)26(34-19-32-6)23(33-18-31-5)17-29(20)24(21-13-9-7-10-14-21)22-15-11-8-12-16-22/h7-16,20,23-26H,17-19H2,1-6H3/t20-,23+,25+,26-/m0/s1. The molecule has 0 N–H and O–H groups in total. The van der Waals surface area contributed by atoms with Crippen LogP contribution in [0.5, 0.6) is 0 Å². The van der Waals surface area contributed by atoms with Gasteiger partial charge in [0.25, 0.3) is 0 Å². The van der Waals surface area contributed by atoms with Gasteiger partial charge in [-0.3, -0.25) is 9.69 Å². The summed E-state index contributed by atoms with van der Waals surface area (Å²) < 4.78 is 28.8. The van der Waals surface area contributed by atoms with Gasteiger partial charge in [-0.25, -0.2) is 0 Å². The first-order chi connectivity index (χ1) is 16.8. The molecule has 0 unspecified atom stereocenters. The Morgan fingerprint density at radius 2 is 1.40 bits per heavy atom. The highest BCUT2D eigenvalue weighted by Gasteiger charge is 2.48. The van der Waals surface area contributed by atoms with E-state index in [1.165, 1.54) is 0 Å². The van der Waals surface area contributed by atoms with Crippen molar-refractivity contribution in [3.05, 3.63) is 71.8 Å². The number of hydrogen-bond donors (Lipinski definition) is 0. The second kappa shape index (κ2) is 12.6. The van der Waals surface area contributed by atoms with Crippen molar-refractivity contribution in [1.29, 1.82) is 0 Å². The summed E-state index contributed by atoms with van der Waals surface area (Å²) in [5, 5.41) is 0. The van der Waals surface area contributed by atoms with Crippen LogP contribution in [0.25, 0.3) is 0 Å². The average molecular weight is 486 g/mol. The highest BCUT2D eigenvalue weighted by molar-refractivity contribution is 5.75. The van der Waals surface area contributed by atoms with Crippen LogP contribution in [0.3, 0.4) is 0 Å². The van der Waals surface area contributed by atoms with E-state index in [-0.39, 0.29) is 31.6 Å². The fraction of sp³-hybridized carbons (Fsp3) is 0.536. The van der Waals surface area contributed by atoms with Crippen molar-refractivity contribution in [1.82, 2.24) is 4.90 Å². The molecule has 2 aromatic rings. The molecule has 2 aromatic carbocycles. The quantitative estimate of drug-likeness (QED) is 0.365. The van der Waals surface area contributed by atoms with Crippen molar-refractivity contribution in [2.75, 3.05) is 34.4 Å². The van der Waals surface area contributed by atoms with Gasteiger partial charge in [-0.15, -0.1) is 0 Å². The molecule has 0 amide bonds. The zero-order valence-corrected chi connectivity index (χ0v) is 21.7. The minimum absolute atomic E-state index is 0.0641. The third-order valence-corrected chi connectivity index (χ3v) is 6.28. The SMILES string of the molecule is COCO[C@@H]1[C@H](OC(=O)C(C)(C)C)[C@H](C)N(C(c2ccccc2)c2ccccc2)C[C@H]1OCOC. The third kappa shape index (κ3) is 6.90. The number of esters is 1. The molecule has 0 aliphatic carbocycles. The Balaban J connectivity index is 2.05. The van der Waals surface area contributed by atoms with Gasteiger partial charge >= 0.3 is 5.97 Å². The van der Waals surface area contributed by atoms with Crippen molar-refractivity contribution in [2.45, 2.75) is 58.1 Å². The van der Waals surface area contributed by atoms with Gasteiger partial charge in [-0.2, -0.15) is 0 Å². The van der Waals surface area contributed by atoms with Gasteiger partial charge in [0.2, 0.25) is 0 Å². The molecule has 4 atom stereocenters. The van der Waals surface area contributed by atoms with Crippen molar-refractivity contribution in [2.24, 2.45) is 5.41 Å². The van der Waals surface area contributed by atoms with Crippen molar-refractivity contribution in [3.8, 4) is 0 Å². The molecule has 7 heteroatoms. The third-order valence-electron chi connectivity index (χ3n) is 6.28. The van der Waals surface area contributed by atoms with Crippen molar-refractivity contribution < 1.29 is 28.5 Å². The van der Waals surface area contributed by atoms with Crippen molar-refractivity contribution in [3.63, 3.8) is 0 Å². The van der Waals surface area contributed by atoms with E-state index in [0.717, 1.165) is 11.1 Å². The molecule has 1 heterocycles. The van der Waals surface area contributed by atoms with Crippen LogP contribution in [0.1, 0.15) is 44.9 Å². The zero-order chi connectivity index (χ0) is 25.4. The summed E-state index contributed by atoms with van der Waals surface area (Å²) in [6.07, 6.45) is -1.51. The normalized spacial score (nSPS) is 23.4. The number of nitrogens with zero attached hydrogens (tertiary/aromatic N) is 1. The lowest BCUT2D eigenvalue weighted by molar-refractivity contribution is -0.233. The number of carbonyl (C=O) groups excluding carboxylic acids is 1. The first-order valence-electron chi connectivity index (χ1n) is 12.1. The van der Waals surface area contributed by atoms with Gasteiger partial charge in [-0.05, 0) is 38.8 Å². The summed E-state index contributed by atoms with van der Waals surface area (Å²) in [6.45, 7) is 8.34. The molecular weight excluding hydrogens is 446 g/mol. The Labute approximate surface area is 209 Å². The maximum absolute atomic E-state index is 13.0. The van der Waals surface area contributed by atoms with Crippen molar-refractivity contribution >= 4 is 5.97 Å². The van der Waals surface area contributed by atoms with Crippen LogP contribution in [0.15, 0.2) is 60.7 Å².